The van der Waals surface area contributed by atoms with Gasteiger partial charge in [0.25, 0.3) is 0 Å². The van der Waals surface area contributed by atoms with Gasteiger partial charge in [-0.25, -0.2) is 0 Å². The van der Waals surface area contributed by atoms with Crippen molar-refractivity contribution in [1.29, 1.82) is 21.0 Å². The van der Waals surface area contributed by atoms with Crippen molar-refractivity contribution in [1.82, 2.24) is 0 Å². The van der Waals surface area contributed by atoms with Gasteiger partial charge in [-0.15, -0.1) is 19.6 Å². The molecule has 0 N–H and O–H groups in total. The molecular formula is C24H36N5NiS4. The maximum absolute atomic E-state index is 8.01. The Kier molecular flexibility index (Phi) is 32.9. The van der Waals surface area contributed by atoms with Crippen LogP contribution in [0.3, 0.4) is 0 Å². The molecule has 0 bridgehead atoms. The van der Waals surface area contributed by atoms with E-state index >= 15 is 0 Å². The Labute approximate surface area is 240 Å². The van der Waals surface area contributed by atoms with Gasteiger partial charge in [-0.1, -0.05) is 53.4 Å². The molecule has 0 aliphatic heterocycles. The first kappa shape index (κ1) is 40.0. The molecule has 0 aromatic rings. The second-order valence-corrected chi connectivity index (χ2v) is 9.05. The molecule has 0 aliphatic rings. The van der Waals surface area contributed by atoms with Gasteiger partial charge in [0.1, 0.15) is 0 Å². The van der Waals surface area contributed by atoms with Crippen molar-refractivity contribution in [2.75, 3.05) is 26.2 Å². The van der Waals surface area contributed by atoms with Gasteiger partial charge in [0, 0.05) is 0 Å². The smallest absolute Gasteiger partial charge is 0.770 e. The van der Waals surface area contributed by atoms with Gasteiger partial charge >= 0.3 is 16.5 Å². The van der Waals surface area contributed by atoms with E-state index in [1.165, 1.54) is 82.0 Å². The maximum atomic E-state index is 8.01. The summed E-state index contributed by atoms with van der Waals surface area (Å²) < 4.78 is 1.42. The molecular weight excluding hydrogens is 545 g/mol. The van der Waals surface area contributed by atoms with E-state index in [9.17, 15) is 0 Å². The average Bonchev–Trinajstić information content (AvgIpc) is 2.86. The Morgan fingerprint density at radius 1 is 0.500 bits per heavy atom. The first-order valence-corrected chi connectivity index (χ1v) is 12.9. The summed E-state index contributed by atoms with van der Waals surface area (Å²) in [4.78, 5) is -0.435. The van der Waals surface area contributed by atoms with Crippen LogP contribution in [0.1, 0.15) is 79.1 Å². The molecule has 0 aromatic heterocycles. The molecule has 0 amide bonds. The van der Waals surface area contributed by atoms with Gasteiger partial charge in [-0.05, 0) is 25.7 Å². The minimum Gasteiger partial charge on any atom is -0.770 e. The Balaban J connectivity index is -0.000000222. The zero-order valence-corrected chi connectivity index (χ0v) is 24.9. The summed E-state index contributed by atoms with van der Waals surface area (Å²) >= 11 is 17.4. The van der Waals surface area contributed by atoms with E-state index in [0.29, 0.717) is 0 Å². The van der Waals surface area contributed by atoms with Crippen molar-refractivity contribution in [3.8, 4) is 24.3 Å². The van der Waals surface area contributed by atoms with Crippen molar-refractivity contribution in [3.05, 3.63) is 19.6 Å². The first-order chi connectivity index (χ1) is 15.7. The second-order valence-electron chi connectivity index (χ2n) is 7.41. The average molecular weight is 582 g/mol. The van der Waals surface area contributed by atoms with E-state index in [0.717, 1.165) is 0 Å². The Bertz CT molecular complexity index is 628. The number of allylic oxidation sites excluding steroid dienone is 4. The van der Waals surface area contributed by atoms with Gasteiger partial charge in [0.15, 0.2) is 0 Å². The molecule has 0 aliphatic carbocycles. The van der Waals surface area contributed by atoms with Crippen molar-refractivity contribution >= 4 is 50.5 Å². The third-order valence-electron chi connectivity index (χ3n) is 4.76. The van der Waals surface area contributed by atoms with Gasteiger partial charge in [0.2, 0.25) is 0 Å². The predicted octanol–water partition coefficient (Wildman–Crippen LogP) is 5.68. The fourth-order valence-electron chi connectivity index (χ4n) is 2.85. The van der Waals surface area contributed by atoms with E-state index in [1.54, 1.807) is 24.3 Å². The number of quaternary nitrogens is 1. The molecule has 0 saturated heterocycles. The number of hydrogen-bond donors (Lipinski definition) is 0. The Morgan fingerprint density at radius 2 is 0.676 bits per heavy atom. The largest absolute Gasteiger partial charge is 3.00 e. The van der Waals surface area contributed by atoms with Crippen LogP contribution in [-0.2, 0) is 67.0 Å². The van der Waals surface area contributed by atoms with Crippen LogP contribution >= 0.6 is 0 Å². The molecule has 34 heavy (non-hydrogen) atoms. The molecule has 0 fully saturated rings. The van der Waals surface area contributed by atoms with Crippen molar-refractivity contribution in [3.63, 3.8) is 0 Å². The summed E-state index contributed by atoms with van der Waals surface area (Å²) in [6.45, 7) is 15.0. The van der Waals surface area contributed by atoms with Crippen LogP contribution in [0.4, 0.5) is 0 Å². The molecule has 1 radical (unpaired) electrons. The number of rotatable bonds is 12. The summed E-state index contributed by atoms with van der Waals surface area (Å²) in [5, 5.41) is 32.0. The summed E-state index contributed by atoms with van der Waals surface area (Å²) in [7, 11) is 0. The molecule has 0 heterocycles. The molecule has 5 nitrogen and oxygen atoms in total. The van der Waals surface area contributed by atoms with Gasteiger partial charge in [0.05, 0.1) is 50.5 Å². The van der Waals surface area contributed by atoms with Crippen LogP contribution < -0.4 is 0 Å². The number of unbranched alkanes of at least 4 members (excludes halogenated alkanes) is 4. The zero-order valence-electron chi connectivity index (χ0n) is 20.7. The van der Waals surface area contributed by atoms with Crippen LogP contribution in [0, 0.1) is 45.3 Å². The van der Waals surface area contributed by atoms with Crippen molar-refractivity contribution < 1.29 is 21.0 Å². The molecule has 0 unspecified atom stereocenters. The number of nitriles is 4. The van der Waals surface area contributed by atoms with Crippen LogP contribution in [0.15, 0.2) is 19.6 Å². The molecule has 191 valence electrons. The third-order valence-corrected chi connectivity index (χ3v) is 6.20. The normalized spacial score (nSPS) is 11.1. The molecule has 0 aromatic carbocycles. The van der Waals surface area contributed by atoms with Crippen molar-refractivity contribution in [2.45, 2.75) is 79.1 Å². The summed E-state index contributed by atoms with van der Waals surface area (Å²) in [5.74, 6) is 0. The second kappa shape index (κ2) is 28.0. The van der Waals surface area contributed by atoms with Gasteiger partial charge < -0.3 is 55.0 Å². The van der Waals surface area contributed by atoms with Crippen molar-refractivity contribution in [2.24, 2.45) is 0 Å². The molecule has 0 rings (SSSR count). The van der Waals surface area contributed by atoms with E-state index in [2.05, 4.69) is 78.2 Å². The fraction of sp³-hybridized carbons (Fsp3) is 0.667. The maximum Gasteiger partial charge on any atom is 3.00 e. The molecule has 0 atom stereocenters. The Morgan fingerprint density at radius 3 is 0.794 bits per heavy atom. The summed E-state index contributed by atoms with van der Waals surface area (Å²) in [5.41, 5.74) is 0. The minimum atomic E-state index is -0.109. The SMILES string of the molecule is CCCC[N+](CCCC)(CCCC)CCCC.N#CC([S-])=C([S-])C#N.N#CC([S-])=C([S-])C#N.[Ni+3]. The van der Waals surface area contributed by atoms with Gasteiger partial charge in [-0.2, -0.15) is 21.0 Å². The summed E-state index contributed by atoms with van der Waals surface area (Å²) in [6, 6.07) is 6.33. The predicted molar refractivity (Wildman–Crippen MR) is 145 cm³/mol. The quantitative estimate of drug-likeness (QED) is 0.126. The van der Waals surface area contributed by atoms with E-state index < -0.39 is 0 Å². The number of hydrogen-bond acceptors (Lipinski definition) is 8. The molecule has 0 spiro atoms. The topological polar surface area (TPSA) is 95.2 Å². The van der Waals surface area contributed by atoms with Crippen LogP contribution in [0.5, 0.6) is 0 Å². The van der Waals surface area contributed by atoms with Crippen LogP contribution in [0.2, 0.25) is 0 Å². The van der Waals surface area contributed by atoms with Crippen LogP contribution in [0.25, 0.3) is 0 Å². The van der Waals surface area contributed by atoms with Gasteiger partial charge in [-0.3, -0.25) is 0 Å². The third kappa shape index (κ3) is 22.6. The van der Waals surface area contributed by atoms with E-state index in [1.807, 2.05) is 0 Å². The number of nitrogens with zero attached hydrogens (tertiary/aromatic N) is 5. The first-order valence-electron chi connectivity index (χ1n) is 11.3. The van der Waals surface area contributed by atoms with Crippen LogP contribution in [-0.4, -0.2) is 30.7 Å². The standard InChI is InChI=1S/C16H36N.2C4H2N2S2.Ni/c1-5-9-13-17(14-10-6-2,15-11-7-3)16-12-8-4;2*5-1-3(7)4(8)2-6;/h5-16H2,1-4H3;2*7-8H;/q+1;;;+3/p-4. The minimum absolute atomic E-state index is 0. The molecule has 10 heteroatoms. The fourth-order valence-corrected chi connectivity index (χ4v) is 3.03. The zero-order chi connectivity index (χ0) is 26.1. The summed E-state index contributed by atoms with van der Waals surface area (Å²) in [6.07, 6.45) is 11.1. The Hall–Kier alpha value is -1.23. The van der Waals surface area contributed by atoms with E-state index in [-0.39, 0.29) is 36.1 Å². The molecule has 0 saturated carbocycles. The monoisotopic (exact) mass is 580 g/mol. The van der Waals surface area contributed by atoms with E-state index in [4.69, 9.17) is 21.0 Å².